The molecule has 0 aromatic rings. The normalized spacial score (nSPS) is 11.9. The van der Waals surface area contributed by atoms with Crippen molar-refractivity contribution in [3.63, 3.8) is 0 Å². The van der Waals surface area contributed by atoms with Gasteiger partial charge in [0, 0.05) is 13.1 Å². The molecule has 4 heteroatoms. The maximum Gasteiger partial charge on any atom is 0.306 e. The Morgan fingerprint density at radius 3 is 2.50 bits per heavy atom. The highest BCUT2D eigenvalue weighted by Gasteiger charge is 2.18. The van der Waals surface area contributed by atoms with Crippen LogP contribution < -0.4 is 5.73 Å². The molecule has 84 valence electrons. The fourth-order valence-electron chi connectivity index (χ4n) is 1.26. The van der Waals surface area contributed by atoms with Crippen LogP contribution in [-0.2, 0) is 9.53 Å². The SMILES string of the molecule is COC(=O)CCN(C)CC(C)(C)CN. The Morgan fingerprint density at radius 1 is 1.50 bits per heavy atom. The number of rotatable bonds is 6. The molecule has 0 radical (unpaired) electrons. The summed E-state index contributed by atoms with van der Waals surface area (Å²) in [6, 6.07) is 0. The third-order valence-electron chi connectivity index (χ3n) is 2.18. The van der Waals surface area contributed by atoms with E-state index in [2.05, 4.69) is 23.5 Å². The van der Waals surface area contributed by atoms with E-state index in [9.17, 15) is 4.79 Å². The molecule has 0 atom stereocenters. The first-order valence-corrected chi connectivity index (χ1v) is 4.87. The predicted molar refractivity (Wildman–Crippen MR) is 57.0 cm³/mol. The molecule has 14 heavy (non-hydrogen) atoms. The van der Waals surface area contributed by atoms with Crippen molar-refractivity contribution in [2.45, 2.75) is 20.3 Å². The zero-order valence-corrected chi connectivity index (χ0v) is 9.67. The second kappa shape index (κ2) is 5.98. The van der Waals surface area contributed by atoms with Gasteiger partial charge in [-0.25, -0.2) is 0 Å². The maximum atomic E-state index is 10.9. The van der Waals surface area contributed by atoms with E-state index < -0.39 is 0 Å². The zero-order chi connectivity index (χ0) is 11.2. The molecular formula is C10H22N2O2. The van der Waals surface area contributed by atoms with Crippen LogP contribution in [0.3, 0.4) is 0 Å². The van der Waals surface area contributed by atoms with E-state index in [4.69, 9.17) is 5.73 Å². The molecular weight excluding hydrogens is 180 g/mol. The molecule has 2 N–H and O–H groups in total. The topological polar surface area (TPSA) is 55.6 Å². The first kappa shape index (κ1) is 13.4. The summed E-state index contributed by atoms with van der Waals surface area (Å²) in [6.07, 6.45) is 0.438. The summed E-state index contributed by atoms with van der Waals surface area (Å²) < 4.78 is 4.57. The standard InChI is InChI=1S/C10H22N2O2/c1-10(2,7-11)8-12(3)6-5-9(13)14-4/h5-8,11H2,1-4H3. The van der Waals surface area contributed by atoms with Gasteiger partial charge in [-0.15, -0.1) is 0 Å². The van der Waals surface area contributed by atoms with E-state index in [0.29, 0.717) is 13.0 Å². The van der Waals surface area contributed by atoms with E-state index in [0.717, 1.165) is 13.1 Å². The van der Waals surface area contributed by atoms with Crippen LogP contribution in [0, 0.1) is 5.41 Å². The van der Waals surface area contributed by atoms with Crippen LogP contribution in [0.5, 0.6) is 0 Å². The van der Waals surface area contributed by atoms with Gasteiger partial charge < -0.3 is 15.4 Å². The number of ether oxygens (including phenoxy) is 1. The highest BCUT2D eigenvalue weighted by atomic mass is 16.5. The molecule has 0 aromatic carbocycles. The number of carbonyl (C=O) groups excluding carboxylic acids is 1. The number of esters is 1. The second-order valence-corrected chi connectivity index (χ2v) is 4.43. The van der Waals surface area contributed by atoms with E-state index in [1.807, 2.05) is 7.05 Å². The van der Waals surface area contributed by atoms with Crippen molar-refractivity contribution < 1.29 is 9.53 Å². The third kappa shape index (κ3) is 5.94. The summed E-state index contributed by atoms with van der Waals surface area (Å²) in [5.74, 6) is -0.164. The molecule has 0 unspecified atom stereocenters. The Labute approximate surface area is 86.4 Å². The molecule has 0 rings (SSSR count). The minimum Gasteiger partial charge on any atom is -0.469 e. The van der Waals surface area contributed by atoms with Gasteiger partial charge in [0.2, 0.25) is 0 Å². The largest absolute Gasteiger partial charge is 0.469 e. The fourth-order valence-corrected chi connectivity index (χ4v) is 1.26. The highest BCUT2D eigenvalue weighted by Crippen LogP contribution is 2.13. The number of nitrogens with two attached hydrogens (primary N) is 1. The number of hydrogen-bond donors (Lipinski definition) is 1. The van der Waals surface area contributed by atoms with Crippen molar-refractivity contribution in [3.8, 4) is 0 Å². The fraction of sp³-hybridized carbons (Fsp3) is 0.900. The first-order valence-electron chi connectivity index (χ1n) is 4.87. The molecule has 0 saturated heterocycles. The van der Waals surface area contributed by atoms with Gasteiger partial charge in [-0.2, -0.15) is 0 Å². The van der Waals surface area contributed by atoms with Crippen molar-refractivity contribution in [2.24, 2.45) is 11.1 Å². The summed E-state index contributed by atoms with van der Waals surface area (Å²) in [6.45, 7) is 6.48. The van der Waals surface area contributed by atoms with Gasteiger partial charge in [0.1, 0.15) is 0 Å². The molecule has 0 aromatic heterocycles. The van der Waals surface area contributed by atoms with Crippen LogP contribution in [0.1, 0.15) is 20.3 Å². The van der Waals surface area contributed by atoms with Crippen molar-refractivity contribution >= 4 is 5.97 Å². The molecule has 0 heterocycles. The van der Waals surface area contributed by atoms with Crippen LogP contribution >= 0.6 is 0 Å². The molecule has 0 aliphatic carbocycles. The molecule has 0 fully saturated rings. The van der Waals surface area contributed by atoms with Crippen LogP contribution in [0.25, 0.3) is 0 Å². The zero-order valence-electron chi connectivity index (χ0n) is 9.67. The van der Waals surface area contributed by atoms with Crippen molar-refractivity contribution in [1.82, 2.24) is 4.90 Å². The van der Waals surface area contributed by atoms with E-state index in [-0.39, 0.29) is 11.4 Å². The van der Waals surface area contributed by atoms with Gasteiger partial charge >= 0.3 is 5.97 Å². The van der Waals surface area contributed by atoms with Gasteiger partial charge in [-0.1, -0.05) is 13.8 Å². The van der Waals surface area contributed by atoms with E-state index in [1.165, 1.54) is 7.11 Å². The summed E-state index contributed by atoms with van der Waals surface area (Å²) in [5.41, 5.74) is 5.72. The number of carbonyl (C=O) groups is 1. The Morgan fingerprint density at radius 2 is 2.07 bits per heavy atom. The van der Waals surface area contributed by atoms with Crippen LogP contribution in [-0.4, -0.2) is 44.7 Å². The highest BCUT2D eigenvalue weighted by molar-refractivity contribution is 5.69. The molecule has 0 bridgehead atoms. The minimum absolute atomic E-state index is 0.102. The monoisotopic (exact) mass is 202 g/mol. The molecule has 0 spiro atoms. The van der Waals surface area contributed by atoms with Crippen molar-refractivity contribution in [1.29, 1.82) is 0 Å². The van der Waals surface area contributed by atoms with Gasteiger partial charge in [-0.05, 0) is 19.0 Å². The minimum atomic E-state index is -0.164. The molecule has 4 nitrogen and oxygen atoms in total. The van der Waals surface area contributed by atoms with Gasteiger partial charge in [0.25, 0.3) is 0 Å². The molecule has 0 saturated carbocycles. The van der Waals surface area contributed by atoms with Crippen LogP contribution in [0.2, 0.25) is 0 Å². The smallest absolute Gasteiger partial charge is 0.306 e. The predicted octanol–water partition coefficient (Wildman–Crippen LogP) is 0.466. The van der Waals surface area contributed by atoms with Gasteiger partial charge in [0.05, 0.1) is 13.5 Å². The first-order chi connectivity index (χ1) is 6.41. The van der Waals surface area contributed by atoms with E-state index in [1.54, 1.807) is 0 Å². The Kier molecular flexibility index (Phi) is 5.72. The third-order valence-corrected chi connectivity index (χ3v) is 2.18. The quantitative estimate of drug-likeness (QED) is 0.636. The lowest BCUT2D eigenvalue weighted by molar-refractivity contribution is -0.141. The lowest BCUT2D eigenvalue weighted by Crippen LogP contribution is -2.37. The second-order valence-electron chi connectivity index (χ2n) is 4.43. The molecule has 0 aliphatic heterocycles. The van der Waals surface area contributed by atoms with Gasteiger partial charge in [-0.3, -0.25) is 4.79 Å². The number of methoxy groups -OCH3 is 1. The van der Waals surface area contributed by atoms with Gasteiger partial charge in [0.15, 0.2) is 0 Å². The van der Waals surface area contributed by atoms with Crippen molar-refractivity contribution in [3.05, 3.63) is 0 Å². The Hall–Kier alpha value is -0.610. The summed E-state index contributed by atoms with van der Waals surface area (Å²) in [7, 11) is 3.40. The lowest BCUT2D eigenvalue weighted by atomic mass is 9.93. The summed E-state index contributed by atoms with van der Waals surface area (Å²) in [5, 5.41) is 0. The number of hydrogen-bond acceptors (Lipinski definition) is 4. The Bertz CT molecular complexity index is 181. The van der Waals surface area contributed by atoms with Crippen LogP contribution in [0.4, 0.5) is 0 Å². The number of nitrogens with zero attached hydrogens (tertiary/aromatic N) is 1. The average molecular weight is 202 g/mol. The summed E-state index contributed by atoms with van der Waals surface area (Å²) in [4.78, 5) is 13.0. The Balaban J connectivity index is 3.75. The lowest BCUT2D eigenvalue weighted by Gasteiger charge is -2.28. The molecule has 0 aliphatic rings. The molecule has 0 amide bonds. The summed E-state index contributed by atoms with van der Waals surface area (Å²) >= 11 is 0. The van der Waals surface area contributed by atoms with Crippen LogP contribution in [0.15, 0.2) is 0 Å². The van der Waals surface area contributed by atoms with E-state index >= 15 is 0 Å². The maximum absolute atomic E-state index is 10.9. The average Bonchev–Trinajstić information content (AvgIpc) is 2.13. The van der Waals surface area contributed by atoms with Crippen molar-refractivity contribution in [2.75, 3.05) is 33.8 Å².